The zero-order valence-electron chi connectivity index (χ0n) is 21.0. The van der Waals surface area contributed by atoms with E-state index in [-0.39, 0.29) is 16.9 Å². The Hall–Kier alpha value is -4.33. The summed E-state index contributed by atoms with van der Waals surface area (Å²) in [6, 6.07) is 16.2. The average molecular weight is 506 g/mol. The second kappa shape index (κ2) is 10.7. The molecule has 4 rings (SSSR count). The number of ether oxygens (including phenoxy) is 3. The number of benzene rings is 3. The molecule has 1 aliphatic rings. The van der Waals surface area contributed by atoms with Crippen molar-refractivity contribution >= 4 is 23.1 Å². The van der Waals surface area contributed by atoms with Crippen LogP contribution in [-0.4, -0.2) is 37.6 Å². The van der Waals surface area contributed by atoms with Crippen LogP contribution < -0.4 is 19.1 Å². The van der Waals surface area contributed by atoms with Crippen LogP contribution in [0.3, 0.4) is 0 Å². The van der Waals surface area contributed by atoms with Crippen molar-refractivity contribution < 1.29 is 33.3 Å². The van der Waals surface area contributed by atoms with Gasteiger partial charge in [0.1, 0.15) is 28.8 Å². The molecule has 0 spiro atoms. The summed E-state index contributed by atoms with van der Waals surface area (Å²) in [5.74, 6) is -1.18. The van der Waals surface area contributed by atoms with Crippen LogP contribution in [0.15, 0.2) is 72.3 Å². The molecular weight excluding hydrogens is 477 g/mol. The molecule has 3 aromatic rings. The maximum atomic E-state index is 14.1. The summed E-state index contributed by atoms with van der Waals surface area (Å²) in [4.78, 5) is 28.0. The quantitative estimate of drug-likeness (QED) is 0.247. The van der Waals surface area contributed by atoms with Gasteiger partial charge in [0.2, 0.25) is 0 Å². The minimum Gasteiger partial charge on any atom is -0.507 e. The van der Waals surface area contributed by atoms with Crippen molar-refractivity contribution in [3.8, 4) is 17.2 Å². The Labute approximate surface area is 214 Å². The summed E-state index contributed by atoms with van der Waals surface area (Å²) in [6.45, 7) is 4.61. The summed E-state index contributed by atoms with van der Waals surface area (Å²) >= 11 is 0. The number of hydrogen-bond acceptors (Lipinski definition) is 6. The number of rotatable bonds is 8. The highest BCUT2D eigenvalue weighted by atomic mass is 19.1. The van der Waals surface area contributed by atoms with Gasteiger partial charge < -0.3 is 19.3 Å². The summed E-state index contributed by atoms with van der Waals surface area (Å²) in [7, 11) is 2.90. The van der Waals surface area contributed by atoms with E-state index < -0.39 is 29.3 Å². The Balaban J connectivity index is 1.86. The molecule has 3 aromatic carbocycles. The summed E-state index contributed by atoms with van der Waals surface area (Å²) in [6.07, 6.45) is 0. The molecule has 1 aliphatic heterocycles. The Morgan fingerprint density at radius 3 is 2.19 bits per heavy atom. The largest absolute Gasteiger partial charge is 0.507 e. The monoisotopic (exact) mass is 505 g/mol. The van der Waals surface area contributed by atoms with Crippen LogP contribution in [-0.2, 0) is 9.59 Å². The molecule has 1 fully saturated rings. The number of carbonyl (C=O) groups excluding carboxylic acids is 2. The molecule has 0 aliphatic carbocycles. The Bertz CT molecular complexity index is 1330. The minimum atomic E-state index is -0.985. The Morgan fingerprint density at radius 2 is 1.59 bits per heavy atom. The van der Waals surface area contributed by atoms with Crippen LogP contribution in [0.2, 0.25) is 0 Å². The third-order valence-electron chi connectivity index (χ3n) is 5.99. The highest BCUT2D eigenvalue weighted by Crippen LogP contribution is 2.44. The first-order valence-electron chi connectivity index (χ1n) is 11.8. The van der Waals surface area contributed by atoms with Gasteiger partial charge in [-0.25, -0.2) is 4.39 Å². The number of methoxy groups -OCH3 is 2. The molecule has 0 aromatic heterocycles. The van der Waals surface area contributed by atoms with E-state index in [1.165, 1.54) is 31.3 Å². The third kappa shape index (κ3) is 5.14. The molecular formula is C29H28FNO6. The highest BCUT2D eigenvalue weighted by Gasteiger charge is 2.47. The number of ketones is 1. The lowest BCUT2D eigenvalue weighted by Crippen LogP contribution is -2.29. The van der Waals surface area contributed by atoms with Crippen LogP contribution >= 0.6 is 0 Å². The predicted octanol–water partition coefficient (Wildman–Crippen LogP) is 5.50. The predicted molar refractivity (Wildman–Crippen MR) is 138 cm³/mol. The molecule has 1 atom stereocenters. The zero-order valence-corrected chi connectivity index (χ0v) is 21.0. The molecule has 1 unspecified atom stereocenters. The van der Waals surface area contributed by atoms with Gasteiger partial charge in [-0.2, -0.15) is 0 Å². The van der Waals surface area contributed by atoms with E-state index in [0.29, 0.717) is 35.3 Å². The van der Waals surface area contributed by atoms with Gasteiger partial charge in [0.05, 0.1) is 38.0 Å². The summed E-state index contributed by atoms with van der Waals surface area (Å²) in [5, 5.41) is 11.3. The minimum absolute atomic E-state index is 0.0311. The van der Waals surface area contributed by atoms with Crippen molar-refractivity contribution in [3.63, 3.8) is 0 Å². The number of nitrogens with zero attached hydrogens (tertiary/aromatic N) is 1. The molecule has 1 saturated heterocycles. The van der Waals surface area contributed by atoms with Gasteiger partial charge in [-0.15, -0.1) is 0 Å². The number of hydrogen-bond donors (Lipinski definition) is 1. The molecule has 192 valence electrons. The van der Waals surface area contributed by atoms with Gasteiger partial charge in [0.25, 0.3) is 11.7 Å². The average Bonchev–Trinajstić information content (AvgIpc) is 3.17. The highest BCUT2D eigenvalue weighted by molar-refractivity contribution is 6.51. The van der Waals surface area contributed by atoms with E-state index in [0.717, 1.165) is 6.07 Å². The molecule has 1 N–H and O–H groups in total. The van der Waals surface area contributed by atoms with Crippen molar-refractivity contribution in [2.45, 2.75) is 19.9 Å². The molecule has 1 heterocycles. The van der Waals surface area contributed by atoms with Crippen LogP contribution in [0.4, 0.5) is 10.1 Å². The smallest absolute Gasteiger partial charge is 0.300 e. The molecule has 7 nitrogen and oxygen atoms in total. The van der Waals surface area contributed by atoms with Gasteiger partial charge in [-0.1, -0.05) is 26.0 Å². The second-order valence-electron chi connectivity index (χ2n) is 8.99. The number of amides is 1. The van der Waals surface area contributed by atoms with Gasteiger partial charge in [0, 0.05) is 5.69 Å². The number of carbonyl (C=O) groups is 2. The van der Waals surface area contributed by atoms with Crippen molar-refractivity contribution in [1.82, 2.24) is 0 Å². The number of Topliss-reactive ketones (excluding diaryl/α,β-unsaturated/α-hetero) is 1. The first-order valence-corrected chi connectivity index (χ1v) is 11.8. The molecule has 1 amide bonds. The third-order valence-corrected chi connectivity index (χ3v) is 5.99. The Kier molecular flexibility index (Phi) is 7.47. The molecule has 8 heteroatoms. The molecule has 37 heavy (non-hydrogen) atoms. The maximum Gasteiger partial charge on any atom is 0.300 e. The van der Waals surface area contributed by atoms with E-state index >= 15 is 0 Å². The van der Waals surface area contributed by atoms with Crippen LogP contribution in [0.25, 0.3) is 5.76 Å². The first-order chi connectivity index (χ1) is 17.7. The fraction of sp³-hybridized carbons (Fsp3) is 0.241. The van der Waals surface area contributed by atoms with Gasteiger partial charge in [-0.3, -0.25) is 14.5 Å². The van der Waals surface area contributed by atoms with Crippen molar-refractivity contribution in [3.05, 3.63) is 89.2 Å². The van der Waals surface area contributed by atoms with Crippen LogP contribution in [0.1, 0.15) is 31.0 Å². The van der Waals surface area contributed by atoms with Gasteiger partial charge >= 0.3 is 0 Å². The van der Waals surface area contributed by atoms with Gasteiger partial charge in [0.15, 0.2) is 0 Å². The number of aliphatic hydroxyl groups excluding tert-OH is 1. The van der Waals surface area contributed by atoms with E-state index in [9.17, 15) is 19.1 Å². The summed E-state index contributed by atoms with van der Waals surface area (Å²) < 4.78 is 30.4. The van der Waals surface area contributed by atoms with Crippen molar-refractivity contribution in [2.24, 2.45) is 5.92 Å². The summed E-state index contributed by atoms with van der Waals surface area (Å²) in [5.41, 5.74) is 0.776. The lowest BCUT2D eigenvalue weighted by molar-refractivity contribution is -0.132. The Morgan fingerprint density at radius 1 is 0.946 bits per heavy atom. The van der Waals surface area contributed by atoms with Crippen molar-refractivity contribution in [1.29, 1.82) is 0 Å². The maximum absolute atomic E-state index is 14.1. The number of anilines is 1. The standard InChI is InChI=1S/C29H28FNO6/c1-17(2)16-37-22-12-8-20(9-13-22)31-26(18-5-10-21(35-3)11-6-18)25(28(33)29(31)34)27(32)23-15-19(30)7-14-24(23)36-4/h5-15,17,26,32H,16H2,1-4H3/b27-25+. The van der Waals surface area contributed by atoms with Gasteiger partial charge in [-0.05, 0) is 66.1 Å². The van der Waals surface area contributed by atoms with Crippen LogP contribution in [0, 0.1) is 11.7 Å². The molecule has 0 radical (unpaired) electrons. The topological polar surface area (TPSA) is 85.3 Å². The fourth-order valence-corrected chi connectivity index (χ4v) is 4.18. The van der Waals surface area contributed by atoms with E-state index in [1.54, 1.807) is 48.5 Å². The number of halogens is 1. The lowest BCUT2D eigenvalue weighted by atomic mass is 9.94. The van der Waals surface area contributed by atoms with E-state index in [2.05, 4.69) is 0 Å². The van der Waals surface area contributed by atoms with Crippen LogP contribution in [0.5, 0.6) is 17.2 Å². The van der Waals surface area contributed by atoms with E-state index in [4.69, 9.17) is 14.2 Å². The lowest BCUT2D eigenvalue weighted by Gasteiger charge is -2.26. The second-order valence-corrected chi connectivity index (χ2v) is 8.99. The normalized spacial score (nSPS) is 16.8. The molecule has 0 saturated carbocycles. The SMILES string of the molecule is COc1ccc(C2/C(=C(\O)c3cc(F)ccc3OC)C(=O)C(=O)N2c2ccc(OCC(C)C)cc2)cc1. The first kappa shape index (κ1) is 25.8. The van der Waals surface area contributed by atoms with E-state index in [1.807, 2.05) is 13.8 Å². The fourth-order valence-electron chi connectivity index (χ4n) is 4.18. The zero-order chi connectivity index (χ0) is 26.7. The van der Waals surface area contributed by atoms with Crippen molar-refractivity contribution in [2.75, 3.05) is 25.7 Å². The molecule has 0 bridgehead atoms. The number of aliphatic hydroxyl groups is 1.